The quantitative estimate of drug-likeness (QED) is 0.572. The topological polar surface area (TPSA) is 82.1 Å². The summed E-state index contributed by atoms with van der Waals surface area (Å²) in [4.78, 5) is 14.4. The molecule has 2 atom stereocenters. The predicted molar refractivity (Wildman–Crippen MR) is 121 cm³/mol. The first-order valence-corrected chi connectivity index (χ1v) is 12.1. The molecule has 0 unspecified atom stereocenters. The SMILES string of the molecule is Cc1ccc(S(=O)(=O)O[C@H]2C[C@@H](COCc3ccccc3)N(C(=O)OC(C)(C)C)C2)cc1. The van der Waals surface area contributed by atoms with Crippen LogP contribution >= 0.6 is 0 Å². The van der Waals surface area contributed by atoms with Crippen molar-refractivity contribution in [2.75, 3.05) is 13.2 Å². The van der Waals surface area contributed by atoms with Crippen LogP contribution in [0.1, 0.15) is 38.3 Å². The Kier molecular flexibility index (Phi) is 7.59. The summed E-state index contributed by atoms with van der Waals surface area (Å²) in [6, 6.07) is 15.8. The molecule has 0 spiro atoms. The van der Waals surface area contributed by atoms with Gasteiger partial charge >= 0.3 is 6.09 Å². The molecule has 0 radical (unpaired) electrons. The number of aryl methyl sites for hydroxylation is 1. The Labute approximate surface area is 190 Å². The number of rotatable bonds is 7. The van der Waals surface area contributed by atoms with Crippen LogP contribution in [0.2, 0.25) is 0 Å². The fraction of sp³-hybridized carbons (Fsp3) is 0.458. The van der Waals surface area contributed by atoms with Gasteiger partial charge in [0.25, 0.3) is 10.1 Å². The lowest BCUT2D eigenvalue weighted by atomic mass is 10.2. The minimum absolute atomic E-state index is 0.0932. The summed E-state index contributed by atoms with van der Waals surface area (Å²) in [5.41, 5.74) is 1.31. The van der Waals surface area contributed by atoms with Crippen molar-refractivity contribution in [2.24, 2.45) is 0 Å². The number of carbonyl (C=O) groups is 1. The van der Waals surface area contributed by atoms with Crippen LogP contribution in [-0.4, -0.2) is 50.3 Å². The molecule has 2 aromatic rings. The first kappa shape index (κ1) is 24.2. The van der Waals surface area contributed by atoms with Crippen LogP contribution in [0.15, 0.2) is 59.5 Å². The van der Waals surface area contributed by atoms with E-state index in [2.05, 4.69) is 0 Å². The van der Waals surface area contributed by atoms with Crippen LogP contribution in [-0.2, 0) is 30.4 Å². The lowest BCUT2D eigenvalue weighted by molar-refractivity contribution is 0.00830. The fourth-order valence-corrected chi connectivity index (χ4v) is 4.55. The molecule has 1 amide bonds. The summed E-state index contributed by atoms with van der Waals surface area (Å²) in [6.45, 7) is 8.00. The molecule has 0 aliphatic carbocycles. The smallest absolute Gasteiger partial charge is 0.410 e. The minimum Gasteiger partial charge on any atom is -0.444 e. The summed E-state index contributed by atoms with van der Waals surface area (Å²) in [5, 5.41) is 0. The van der Waals surface area contributed by atoms with Crippen LogP contribution in [0, 0.1) is 6.92 Å². The Bertz CT molecular complexity index is 999. The maximum absolute atomic E-state index is 12.8. The molecule has 32 heavy (non-hydrogen) atoms. The molecule has 7 nitrogen and oxygen atoms in total. The van der Waals surface area contributed by atoms with Crippen LogP contribution in [0.3, 0.4) is 0 Å². The lowest BCUT2D eigenvalue weighted by Gasteiger charge is -2.28. The average molecular weight is 462 g/mol. The van der Waals surface area contributed by atoms with Gasteiger partial charge in [0.1, 0.15) is 5.60 Å². The van der Waals surface area contributed by atoms with Crippen LogP contribution in [0.25, 0.3) is 0 Å². The van der Waals surface area contributed by atoms with Crippen molar-refractivity contribution in [3.63, 3.8) is 0 Å². The first-order chi connectivity index (χ1) is 15.0. The maximum Gasteiger partial charge on any atom is 0.410 e. The molecule has 3 rings (SSSR count). The number of benzene rings is 2. The second-order valence-corrected chi connectivity index (χ2v) is 10.6. The van der Waals surface area contributed by atoms with Gasteiger partial charge in [-0.2, -0.15) is 8.42 Å². The summed E-state index contributed by atoms with van der Waals surface area (Å²) in [7, 11) is -3.95. The average Bonchev–Trinajstić information content (AvgIpc) is 3.10. The van der Waals surface area contributed by atoms with Gasteiger partial charge in [0.2, 0.25) is 0 Å². The second-order valence-electron chi connectivity index (χ2n) is 9.01. The number of nitrogens with zero attached hydrogens (tertiary/aromatic N) is 1. The van der Waals surface area contributed by atoms with E-state index in [0.717, 1.165) is 11.1 Å². The highest BCUT2D eigenvalue weighted by Crippen LogP contribution is 2.27. The Hall–Kier alpha value is -2.42. The van der Waals surface area contributed by atoms with Gasteiger partial charge in [0.15, 0.2) is 0 Å². The number of amides is 1. The van der Waals surface area contributed by atoms with E-state index in [0.29, 0.717) is 13.0 Å². The van der Waals surface area contributed by atoms with E-state index in [-0.39, 0.29) is 24.1 Å². The molecule has 1 aliphatic heterocycles. The van der Waals surface area contributed by atoms with E-state index < -0.39 is 27.9 Å². The third kappa shape index (κ3) is 6.79. The first-order valence-electron chi connectivity index (χ1n) is 10.6. The molecule has 0 saturated carbocycles. The Morgan fingerprint density at radius 2 is 1.72 bits per heavy atom. The molecule has 8 heteroatoms. The van der Waals surface area contributed by atoms with Gasteiger partial charge in [-0.3, -0.25) is 4.18 Å². The highest BCUT2D eigenvalue weighted by Gasteiger charge is 2.40. The number of hydrogen-bond donors (Lipinski definition) is 0. The van der Waals surface area contributed by atoms with Crippen molar-refractivity contribution in [1.29, 1.82) is 0 Å². The van der Waals surface area contributed by atoms with Gasteiger partial charge in [0.05, 0.1) is 36.8 Å². The molecule has 174 valence electrons. The van der Waals surface area contributed by atoms with Crippen molar-refractivity contribution in [2.45, 2.75) is 63.4 Å². The van der Waals surface area contributed by atoms with E-state index in [1.807, 2.05) is 37.3 Å². The van der Waals surface area contributed by atoms with Crippen LogP contribution in [0.5, 0.6) is 0 Å². The molecular formula is C24H31NO6S. The van der Waals surface area contributed by atoms with Gasteiger partial charge in [-0.1, -0.05) is 48.0 Å². The largest absolute Gasteiger partial charge is 0.444 e. The minimum atomic E-state index is -3.95. The maximum atomic E-state index is 12.8. The molecule has 1 saturated heterocycles. The summed E-state index contributed by atoms with van der Waals surface area (Å²) < 4.78 is 42.3. The number of hydrogen-bond acceptors (Lipinski definition) is 6. The third-order valence-corrected chi connectivity index (χ3v) is 6.37. The Morgan fingerprint density at radius 1 is 1.06 bits per heavy atom. The molecule has 0 N–H and O–H groups in total. The highest BCUT2D eigenvalue weighted by atomic mass is 32.2. The van der Waals surface area contributed by atoms with E-state index in [1.165, 1.54) is 17.0 Å². The molecular weight excluding hydrogens is 430 g/mol. The molecule has 1 heterocycles. The van der Waals surface area contributed by atoms with Crippen molar-refractivity contribution in [3.05, 3.63) is 65.7 Å². The number of carbonyl (C=O) groups excluding carboxylic acids is 1. The molecule has 0 bridgehead atoms. The number of ether oxygens (including phenoxy) is 2. The van der Waals surface area contributed by atoms with Crippen molar-refractivity contribution in [1.82, 2.24) is 4.90 Å². The molecule has 2 aromatic carbocycles. The van der Waals surface area contributed by atoms with Crippen molar-refractivity contribution < 1.29 is 26.9 Å². The predicted octanol–water partition coefficient (Wildman–Crippen LogP) is 4.30. The zero-order valence-corrected chi connectivity index (χ0v) is 19.8. The number of likely N-dealkylation sites (tertiary alicyclic amines) is 1. The Balaban J connectivity index is 1.68. The van der Waals surface area contributed by atoms with E-state index >= 15 is 0 Å². The normalized spacial score (nSPS) is 19.2. The zero-order chi connectivity index (χ0) is 23.4. The Morgan fingerprint density at radius 3 is 2.34 bits per heavy atom. The van der Waals surface area contributed by atoms with Crippen molar-refractivity contribution in [3.8, 4) is 0 Å². The third-order valence-electron chi connectivity index (χ3n) is 5.00. The van der Waals surface area contributed by atoms with E-state index in [9.17, 15) is 13.2 Å². The molecule has 1 fully saturated rings. The van der Waals surface area contributed by atoms with Gasteiger partial charge in [0, 0.05) is 0 Å². The standard InChI is InChI=1S/C24H31NO6S/c1-18-10-12-22(13-11-18)32(27,28)31-21-14-20(17-29-16-19-8-6-5-7-9-19)25(15-21)23(26)30-24(2,3)4/h5-13,20-21H,14-17H2,1-4H3/t20-,21-/m0/s1. The van der Waals surface area contributed by atoms with E-state index in [4.69, 9.17) is 13.7 Å². The fourth-order valence-electron chi connectivity index (χ4n) is 3.47. The summed E-state index contributed by atoms with van der Waals surface area (Å²) >= 11 is 0. The van der Waals surface area contributed by atoms with Gasteiger partial charge < -0.3 is 14.4 Å². The van der Waals surface area contributed by atoms with Crippen LogP contribution < -0.4 is 0 Å². The molecule has 1 aliphatic rings. The lowest BCUT2D eigenvalue weighted by Crippen LogP contribution is -2.42. The zero-order valence-electron chi connectivity index (χ0n) is 19.0. The van der Waals surface area contributed by atoms with Gasteiger partial charge in [-0.25, -0.2) is 4.79 Å². The summed E-state index contributed by atoms with van der Waals surface area (Å²) in [6.07, 6.45) is -0.858. The van der Waals surface area contributed by atoms with E-state index in [1.54, 1.807) is 32.9 Å². The van der Waals surface area contributed by atoms with Gasteiger partial charge in [-0.05, 0) is 51.8 Å². The monoisotopic (exact) mass is 461 g/mol. The highest BCUT2D eigenvalue weighted by molar-refractivity contribution is 7.86. The van der Waals surface area contributed by atoms with Gasteiger partial charge in [-0.15, -0.1) is 0 Å². The summed E-state index contributed by atoms with van der Waals surface area (Å²) in [5.74, 6) is 0. The second kappa shape index (κ2) is 10.0. The van der Waals surface area contributed by atoms with Crippen LogP contribution in [0.4, 0.5) is 4.79 Å². The molecule has 0 aromatic heterocycles. The van der Waals surface area contributed by atoms with Crippen molar-refractivity contribution >= 4 is 16.2 Å².